The summed E-state index contributed by atoms with van der Waals surface area (Å²) in [6.45, 7) is 5.23. The van der Waals surface area contributed by atoms with E-state index in [1.165, 1.54) is 0 Å². The van der Waals surface area contributed by atoms with Crippen LogP contribution in [0.5, 0.6) is 0 Å². The Hall–Kier alpha value is -0.320. The van der Waals surface area contributed by atoms with Crippen LogP contribution in [0.25, 0.3) is 0 Å². The molecule has 0 radical (unpaired) electrons. The van der Waals surface area contributed by atoms with E-state index in [1.54, 1.807) is 6.92 Å². The number of hydrogen-bond donors (Lipinski definition) is 5. The minimum Gasteiger partial charge on any atom is -0.394 e. The number of fused-ring (bicyclic) bond motifs is 4. The van der Waals surface area contributed by atoms with Gasteiger partial charge >= 0.3 is 0 Å². The van der Waals surface area contributed by atoms with Crippen LogP contribution in [0.1, 0.15) is 40.0 Å². The summed E-state index contributed by atoms with van der Waals surface area (Å²) in [7, 11) is 0. The van der Waals surface area contributed by atoms with Crippen LogP contribution in [0.4, 0.5) is 0 Å². The lowest BCUT2D eigenvalue weighted by Gasteiger charge is -2.48. The van der Waals surface area contributed by atoms with Crippen molar-refractivity contribution in [1.29, 1.82) is 0 Å². The monoisotopic (exact) mass is 362 g/mol. The standard InChI is InChI=1S/C17H30O8/c1-16(2)6-8-4-10(19)17(3,25-16)11(5-8)24-15-14(22)13(21)12(20)9(7-18)23-15/h8-15,18-22H,4-7H2,1-3H3. The highest BCUT2D eigenvalue weighted by molar-refractivity contribution is 5.05. The van der Waals surface area contributed by atoms with Crippen LogP contribution >= 0.6 is 0 Å². The third-order valence-electron chi connectivity index (χ3n) is 5.83. The summed E-state index contributed by atoms with van der Waals surface area (Å²) in [6.07, 6.45) is -5.87. The molecule has 4 aliphatic rings. The van der Waals surface area contributed by atoms with Gasteiger partial charge in [0, 0.05) is 0 Å². The summed E-state index contributed by atoms with van der Waals surface area (Å²) in [5.74, 6) is 0.204. The maximum Gasteiger partial charge on any atom is 0.187 e. The Morgan fingerprint density at radius 1 is 1.00 bits per heavy atom. The van der Waals surface area contributed by atoms with Gasteiger partial charge in [0.1, 0.15) is 30.0 Å². The predicted molar refractivity (Wildman–Crippen MR) is 85.6 cm³/mol. The molecule has 3 saturated heterocycles. The molecule has 0 aromatic carbocycles. The lowest BCUT2D eigenvalue weighted by atomic mass is 9.74. The number of hydrogen-bond acceptors (Lipinski definition) is 8. The van der Waals surface area contributed by atoms with Crippen molar-refractivity contribution < 1.29 is 39.7 Å². The van der Waals surface area contributed by atoms with Crippen LogP contribution < -0.4 is 0 Å². The van der Waals surface area contributed by atoms with Crippen LogP contribution in [0.15, 0.2) is 0 Å². The minimum absolute atomic E-state index is 0.204. The molecule has 8 heteroatoms. The molecule has 8 nitrogen and oxygen atoms in total. The van der Waals surface area contributed by atoms with Gasteiger partial charge < -0.3 is 39.7 Å². The van der Waals surface area contributed by atoms with Crippen LogP contribution in [0.3, 0.4) is 0 Å². The molecule has 1 saturated carbocycles. The number of aliphatic hydroxyl groups excluding tert-OH is 5. The highest BCUT2D eigenvalue weighted by Crippen LogP contribution is 2.48. The molecule has 2 bridgehead atoms. The Morgan fingerprint density at radius 2 is 1.68 bits per heavy atom. The van der Waals surface area contributed by atoms with Gasteiger partial charge in [-0.05, 0) is 46.0 Å². The molecule has 0 amide bonds. The van der Waals surface area contributed by atoms with Crippen molar-refractivity contribution in [1.82, 2.24) is 0 Å². The van der Waals surface area contributed by atoms with Crippen LogP contribution in [0.2, 0.25) is 0 Å². The molecular formula is C17H30O8. The van der Waals surface area contributed by atoms with Gasteiger partial charge in [0.15, 0.2) is 6.29 Å². The summed E-state index contributed by atoms with van der Waals surface area (Å²) < 4.78 is 17.6. The van der Waals surface area contributed by atoms with Gasteiger partial charge in [-0.1, -0.05) is 0 Å². The lowest BCUT2D eigenvalue weighted by Crippen LogP contribution is -2.63. The topological polar surface area (TPSA) is 129 Å². The quantitative estimate of drug-likeness (QED) is 0.428. The van der Waals surface area contributed by atoms with Gasteiger partial charge in [-0.15, -0.1) is 0 Å². The lowest BCUT2D eigenvalue weighted by molar-refractivity contribution is -0.336. The SMILES string of the molecule is CC1(C)CC2CC(O)C(C)(O1)C(OC1OC(CO)C(O)C(O)C1O)C2. The zero-order valence-electron chi connectivity index (χ0n) is 14.9. The first-order valence-corrected chi connectivity index (χ1v) is 8.91. The fourth-order valence-corrected chi connectivity index (χ4v) is 4.56. The smallest absolute Gasteiger partial charge is 0.187 e. The van der Waals surface area contributed by atoms with Crippen molar-refractivity contribution in [3.05, 3.63) is 0 Å². The van der Waals surface area contributed by atoms with E-state index in [0.29, 0.717) is 12.8 Å². The van der Waals surface area contributed by atoms with Crippen molar-refractivity contribution in [3.63, 3.8) is 0 Å². The normalized spacial score (nSPS) is 52.8. The molecule has 4 rings (SSSR count). The van der Waals surface area contributed by atoms with E-state index in [0.717, 1.165) is 6.42 Å². The second kappa shape index (κ2) is 6.69. The second-order valence-electron chi connectivity index (χ2n) is 8.42. The predicted octanol–water partition coefficient (Wildman–Crippen LogP) is -1.10. The van der Waals surface area contributed by atoms with Gasteiger partial charge in [0.05, 0.1) is 24.4 Å². The molecule has 9 atom stereocenters. The van der Waals surface area contributed by atoms with E-state index < -0.39 is 60.7 Å². The molecule has 0 spiro atoms. The van der Waals surface area contributed by atoms with Gasteiger partial charge in [0.25, 0.3) is 0 Å². The third-order valence-corrected chi connectivity index (χ3v) is 5.83. The molecule has 1 aliphatic carbocycles. The van der Waals surface area contributed by atoms with E-state index in [9.17, 15) is 25.5 Å². The van der Waals surface area contributed by atoms with Gasteiger partial charge in [-0.2, -0.15) is 0 Å². The molecule has 5 N–H and O–H groups in total. The van der Waals surface area contributed by atoms with Crippen LogP contribution in [-0.4, -0.2) is 86.3 Å². The van der Waals surface area contributed by atoms with E-state index >= 15 is 0 Å². The largest absolute Gasteiger partial charge is 0.394 e. The highest BCUT2D eigenvalue weighted by atomic mass is 16.7. The summed E-state index contributed by atoms with van der Waals surface area (Å²) in [5.41, 5.74) is -1.39. The molecule has 3 aliphatic heterocycles. The first kappa shape index (κ1) is 19.4. The molecular weight excluding hydrogens is 332 g/mol. The van der Waals surface area contributed by atoms with E-state index in [4.69, 9.17) is 14.2 Å². The first-order valence-electron chi connectivity index (χ1n) is 8.91. The van der Waals surface area contributed by atoms with Gasteiger partial charge in [-0.25, -0.2) is 0 Å². The molecule has 9 unspecified atom stereocenters. The minimum atomic E-state index is -1.49. The maximum atomic E-state index is 10.6. The van der Waals surface area contributed by atoms with Gasteiger partial charge in [0.2, 0.25) is 0 Å². The van der Waals surface area contributed by atoms with E-state index in [2.05, 4.69) is 0 Å². The number of rotatable bonds is 3. The molecule has 25 heavy (non-hydrogen) atoms. The zero-order valence-corrected chi connectivity index (χ0v) is 14.9. The van der Waals surface area contributed by atoms with Crippen molar-refractivity contribution in [3.8, 4) is 0 Å². The summed E-state index contributed by atoms with van der Waals surface area (Å²) >= 11 is 0. The van der Waals surface area contributed by atoms with Crippen LogP contribution in [0, 0.1) is 5.92 Å². The Labute approximate surface area is 147 Å². The molecule has 0 aromatic heterocycles. The second-order valence-corrected chi connectivity index (χ2v) is 8.42. The summed E-state index contributed by atoms with van der Waals surface area (Å²) in [4.78, 5) is 0. The molecule has 0 aromatic rings. The van der Waals surface area contributed by atoms with E-state index in [-0.39, 0.29) is 5.92 Å². The van der Waals surface area contributed by atoms with Gasteiger partial charge in [-0.3, -0.25) is 0 Å². The molecule has 146 valence electrons. The Morgan fingerprint density at radius 3 is 2.32 bits per heavy atom. The summed E-state index contributed by atoms with van der Waals surface area (Å²) in [6, 6.07) is 0. The van der Waals surface area contributed by atoms with Crippen LogP contribution in [-0.2, 0) is 14.2 Å². The van der Waals surface area contributed by atoms with E-state index in [1.807, 2.05) is 13.8 Å². The van der Waals surface area contributed by atoms with Crippen molar-refractivity contribution in [2.24, 2.45) is 5.92 Å². The third kappa shape index (κ3) is 3.46. The highest BCUT2D eigenvalue weighted by Gasteiger charge is 2.56. The maximum absolute atomic E-state index is 10.6. The average molecular weight is 362 g/mol. The average Bonchev–Trinajstić information content (AvgIpc) is 2.67. The Kier molecular flexibility index (Phi) is 5.20. The van der Waals surface area contributed by atoms with Crippen molar-refractivity contribution in [2.45, 2.75) is 94.1 Å². The fourth-order valence-electron chi connectivity index (χ4n) is 4.56. The Balaban J connectivity index is 1.80. The molecule has 4 fully saturated rings. The zero-order chi connectivity index (χ0) is 18.6. The van der Waals surface area contributed by atoms with Crippen molar-refractivity contribution in [2.75, 3.05) is 6.61 Å². The first-order chi connectivity index (χ1) is 11.6. The Bertz CT molecular complexity index is 483. The number of aliphatic hydroxyl groups is 5. The summed E-state index contributed by atoms with van der Waals surface area (Å²) in [5, 5.41) is 49.9. The number of ether oxygens (including phenoxy) is 3. The fraction of sp³-hybridized carbons (Fsp3) is 1.00. The molecule has 3 heterocycles. The van der Waals surface area contributed by atoms with Crippen molar-refractivity contribution >= 4 is 0 Å².